The second-order valence-corrected chi connectivity index (χ2v) is 4.63. The summed E-state index contributed by atoms with van der Waals surface area (Å²) in [5.41, 5.74) is 0. The van der Waals surface area contributed by atoms with Gasteiger partial charge in [0.15, 0.2) is 5.92 Å². The van der Waals surface area contributed by atoms with Crippen LogP contribution in [0.4, 0.5) is 0 Å². The largest absolute Gasteiger partial charge is 0.297 e. The summed E-state index contributed by atoms with van der Waals surface area (Å²) in [5.74, 6) is 1.19. The maximum Gasteiger partial charge on any atom is 0.151 e. The van der Waals surface area contributed by atoms with E-state index in [-0.39, 0.29) is 5.25 Å². The maximum atomic E-state index is 8.60. The summed E-state index contributed by atoms with van der Waals surface area (Å²) < 4.78 is 0. The van der Waals surface area contributed by atoms with Gasteiger partial charge in [-0.25, -0.2) is 0 Å². The standard InChI is InChI=1S/C7H7N3S2/c8-3-5(4-9)6-7(10)12-2-1-11-6/h5-6,10H,1-2H2. The van der Waals surface area contributed by atoms with Gasteiger partial charge in [-0.2, -0.15) is 10.5 Å². The van der Waals surface area contributed by atoms with Gasteiger partial charge in [0, 0.05) is 11.5 Å². The number of rotatable bonds is 1. The Kier molecular flexibility index (Phi) is 3.46. The Morgan fingerprint density at radius 2 is 2.08 bits per heavy atom. The second-order valence-electron chi connectivity index (χ2n) is 2.24. The van der Waals surface area contributed by atoms with Crippen molar-refractivity contribution in [2.24, 2.45) is 5.92 Å². The molecule has 3 nitrogen and oxygen atoms in total. The van der Waals surface area contributed by atoms with Crippen molar-refractivity contribution in [2.45, 2.75) is 5.25 Å². The summed E-state index contributed by atoms with van der Waals surface area (Å²) in [5, 5.41) is 25.0. The lowest BCUT2D eigenvalue weighted by Crippen LogP contribution is -2.26. The average Bonchev–Trinajstić information content (AvgIpc) is 2.10. The summed E-state index contributed by atoms with van der Waals surface area (Å²) in [6.45, 7) is 0. The van der Waals surface area contributed by atoms with Crippen LogP contribution in [0.15, 0.2) is 0 Å². The van der Waals surface area contributed by atoms with Crippen LogP contribution in [-0.4, -0.2) is 21.8 Å². The summed E-state index contributed by atoms with van der Waals surface area (Å²) in [6, 6.07) is 3.83. The third kappa shape index (κ3) is 1.94. The minimum atomic E-state index is -0.657. The molecule has 0 bridgehead atoms. The molecule has 0 aliphatic carbocycles. The van der Waals surface area contributed by atoms with E-state index in [1.54, 1.807) is 0 Å². The lowest BCUT2D eigenvalue weighted by molar-refractivity contribution is 0.911. The smallest absolute Gasteiger partial charge is 0.151 e. The summed E-state index contributed by atoms with van der Waals surface area (Å²) >= 11 is 2.98. The zero-order valence-electron chi connectivity index (χ0n) is 6.28. The predicted octanol–water partition coefficient (Wildman–Crippen LogP) is 1.48. The van der Waals surface area contributed by atoms with Crippen molar-refractivity contribution < 1.29 is 0 Å². The second kappa shape index (κ2) is 4.39. The Bertz CT molecular complexity index is 249. The number of hydrogen-bond acceptors (Lipinski definition) is 5. The quantitative estimate of drug-likeness (QED) is 0.691. The Labute approximate surface area is 79.6 Å². The first-order valence-corrected chi connectivity index (χ1v) is 5.45. The molecule has 1 aliphatic heterocycles. The molecule has 1 fully saturated rings. The average molecular weight is 197 g/mol. The third-order valence-electron chi connectivity index (χ3n) is 1.48. The Hall–Kier alpha value is -0.650. The molecule has 1 N–H and O–H groups in total. The molecule has 12 heavy (non-hydrogen) atoms. The SMILES string of the molecule is N#CC(C#N)C1SCCSC1=N. The van der Waals surface area contributed by atoms with E-state index in [0.717, 1.165) is 11.5 Å². The topological polar surface area (TPSA) is 71.4 Å². The van der Waals surface area contributed by atoms with Gasteiger partial charge in [0.05, 0.1) is 22.4 Å². The Morgan fingerprint density at radius 3 is 2.58 bits per heavy atom. The van der Waals surface area contributed by atoms with Crippen LogP contribution < -0.4 is 0 Å². The van der Waals surface area contributed by atoms with E-state index in [4.69, 9.17) is 15.9 Å². The molecule has 1 atom stereocenters. The van der Waals surface area contributed by atoms with E-state index in [2.05, 4.69) is 0 Å². The molecule has 0 spiro atoms. The van der Waals surface area contributed by atoms with Crippen LogP contribution in [-0.2, 0) is 0 Å². The van der Waals surface area contributed by atoms with Gasteiger partial charge in [-0.05, 0) is 0 Å². The fourth-order valence-electron chi connectivity index (χ4n) is 0.896. The van der Waals surface area contributed by atoms with Crippen molar-refractivity contribution >= 4 is 28.6 Å². The molecule has 0 aromatic heterocycles. The van der Waals surface area contributed by atoms with Crippen molar-refractivity contribution in [3.63, 3.8) is 0 Å². The predicted molar refractivity (Wildman–Crippen MR) is 51.1 cm³/mol. The van der Waals surface area contributed by atoms with Gasteiger partial charge >= 0.3 is 0 Å². The molecule has 0 aromatic carbocycles. The van der Waals surface area contributed by atoms with Crippen molar-refractivity contribution in [1.82, 2.24) is 0 Å². The van der Waals surface area contributed by atoms with Crippen LogP contribution in [0, 0.1) is 34.0 Å². The minimum Gasteiger partial charge on any atom is -0.297 e. The van der Waals surface area contributed by atoms with Crippen LogP contribution in [0.1, 0.15) is 0 Å². The van der Waals surface area contributed by atoms with E-state index in [9.17, 15) is 0 Å². The maximum absolute atomic E-state index is 8.60. The fourth-order valence-corrected chi connectivity index (χ4v) is 3.26. The van der Waals surface area contributed by atoms with Crippen LogP contribution >= 0.6 is 23.5 Å². The van der Waals surface area contributed by atoms with Crippen molar-refractivity contribution in [3.8, 4) is 12.1 Å². The minimum absolute atomic E-state index is 0.209. The molecule has 5 heteroatoms. The summed E-state index contributed by atoms with van der Waals surface area (Å²) in [7, 11) is 0. The molecular weight excluding hydrogens is 190 g/mol. The Morgan fingerprint density at radius 1 is 1.42 bits per heavy atom. The fraction of sp³-hybridized carbons (Fsp3) is 0.571. The molecule has 1 aliphatic rings. The molecule has 1 saturated heterocycles. The van der Waals surface area contributed by atoms with Gasteiger partial charge in [-0.3, -0.25) is 5.41 Å². The van der Waals surface area contributed by atoms with E-state index in [1.807, 2.05) is 12.1 Å². The van der Waals surface area contributed by atoms with Gasteiger partial charge in [-0.15, -0.1) is 23.5 Å². The molecule has 1 heterocycles. The molecule has 0 saturated carbocycles. The van der Waals surface area contributed by atoms with E-state index >= 15 is 0 Å². The number of hydrogen-bond donors (Lipinski definition) is 1. The monoisotopic (exact) mass is 197 g/mol. The molecular formula is C7H7N3S2. The van der Waals surface area contributed by atoms with Crippen LogP contribution in [0.3, 0.4) is 0 Å². The van der Waals surface area contributed by atoms with E-state index in [1.165, 1.54) is 23.5 Å². The van der Waals surface area contributed by atoms with Gasteiger partial charge in [-0.1, -0.05) is 0 Å². The molecule has 0 amide bonds. The molecule has 62 valence electrons. The summed E-state index contributed by atoms with van der Waals surface area (Å²) in [4.78, 5) is 0. The van der Waals surface area contributed by atoms with Gasteiger partial charge < -0.3 is 0 Å². The van der Waals surface area contributed by atoms with Crippen LogP contribution in [0.5, 0.6) is 0 Å². The number of nitrogens with one attached hydrogen (secondary N) is 1. The normalized spacial score (nSPS) is 23.2. The Balaban J connectivity index is 2.67. The van der Waals surface area contributed by atoms with Gasteiger partial charge in [0.2, 0.25) is 0 Å². The van der Waals surface area contributed by atoms with Crippen molar-refractivity contribution in [2.75, 3.05) is 11.5 Å². The third-order valence-corrected chi connectivity index (χ3v) is 4.17. The number of nitrogens with zero attached hydrogens (tertiary/aromatic N) is 2. The van der Waals surface area contributed by atoms with Crippen molar-refractivity contribution in [3.05, 3.63) is 0 Å². The highest BCUT2D eigenvalue weighted by molar-refractivity contribution is 8.18. The molecule has 1 unspecified atom stereocenters. The first-order chi connectivity index (χ1) is 5.79. The molecule has 0 radical (unpaired) electrons. The highest BCUT2D eigenvalue weighted by atomic mass is 32.2. The molecule has 1 rings (SSSR count). The van der Waals surface area contributed by atoms with Gasteiger partial charge in [0.25, 0.3) is 0 Å². The highest BCUT2D eigenvalue weighted by Gasteiger charge is 2.28. The first-order valence-electron chi connectivity index (χ1n) is 3.41. The van der Waals surface area contributed by atoms with E-state index in [0.29, 0.717) is 5.04 Å². The lowest BCUT2D eigenvalue weighted by Gasteiger charge is -2.21. The number of thioether (sulfide) groups is 2. The number of nitriles is 2. The van der Waals surface area contributed by atoms with E-state index < -0.39 is 5.92 Å². The van der Waals surface area contributed by atoms with Crippen molar-refractivity contribution in [1.29, 1.82) is 15.9 Å². The zero-order valence-corrected chi connectivity index (χ0v) is 7.91. The van der Waals surface area contributed by atoms with Crippen LogP contribution in [0.2, 0.25) is 0 Å². The van der Waals surface area contributed by atoms with Gasteiger partial charge in [0.1, 0.15) is 0 Å². The van der Waals surface area contributed by atoms with Crippen LogP contribution in [0.25, 0.3) is 0 Å². The lowest BCUT2D eigenvalue weighted by atomic mass is 10.1. The molecule has 0 aromatic rings. The first kappa shape index (κ1) is 9.44. The zero-order chi connectivity index (χ0) is 8.97. The highest BCUT2D eigenvalue weighted by Crippen LogP contribution is 2.30. The summed E-state index contributed by atoms with van der Waals surface area (Å²) in [6.07, 6.45) is 0.